The number of para-hydroxylation sites is 2. The molecule has 0 unspecified atom stereocenters. The van der Waals surface area contributed by atoms with Crippen LogP contribution in [0.3, 0.4) is 0 Å². The van der Waals surface area contributed by atoms with Gasteiger partial charge in [-0.1, -0.05) is 12.1 Å². The van der Waals surface area contributed by atoms with E-state index in [4.69, 9.17) is 9.97 Å². The Morgan fingerprint density at radius 2 is 1.08 bits per heavy atom. The molecule has 5 rings (SSSR count). The zero-order valence-corrected chi connectivity index (χ0v) is 13.6. The van der Waals surface area contributed by atoms with E-state index in [1.54, 1.807) is 0 Å². The highest BCUT2D eigenvalue weighted by atomic mass is 15.0. The average molecular weight is 312 g/mol. The molecule has 0 aliphatic carbocycles. The van der Waals surface area contributed by atoms with Crippen LogP contribution in [0.1, 0.15) is 0 Å². The van der Waals surface area contributed by atoms with Crippen LogP contribution in [-0.4, -0.2) is 9.97 Å². The van der Waals surface area contributed by atoms with E-state index < -0.39 is 0 Å². The molecule has 0 amide bonds. The molecular weight excluding hydrogens is 296 g/mol. The largest absolute Gasteiger partial charge is 0.287 e. The summed E-state index contributed by atoms with van der Waals surface area (Å²) in [7, 11) is 4.16. The van der Waals surface area contributed by atoms with Gasteiger partial charge in [0.15, 0.2) is 12.4 Å². The third-order valence-electron chi connectivity index (χ3n) is 4.67. The summed E-state index contributed by atoms with van der Waals surface area (Å²) in [6.45, 7) is 0. The van der Waals surface area contributed by atoms with Crippen molar-refractivity contribution in [2.24, 2.45) is 14.1 Å². The highest BCUT2D eigenvalue weighted by Crippen LogP contribution is 2.30. The Hall–Kier alpha value is -3.14. The van der Waals surface area contributed by atoms with Gasteiger partial charge in [0.05, 0.1) is 21.8 Å². The Kier molecular flexibility index (Phi) is 2.59. The first-order valence-corrected chi connectivity index (χ1v) is 7.99. The fraction of sp³-hybridized carbons (Fsp3) is 0.100. The van der Waals surface area contributed by atoms with E-state index in [9.17, 15) is 0 Å². The van der Waals surface area contributed by atoms with Crippen molar-refractivity contribution in [2.45, 2.75) is 0 Å². The third-order valence-corrected chi connectivity index (χ3v) is 4.67. The Bertz CT molecular complexity index is 1180. The van der Waals surface area contributed by atoms with Crippen LogP contribution in [0.15, 0.2) is 60.9 Å². The summed E-state index contributed by atoms with van der Waals surface area (Å²) in [6.07, 6.45) is 4.16. The van der Waals surface area contributed by atoms with E-state index in [1.807, 2.05) is 24.3 Å². The quantitative estimate of drug-likeness (QED) is 0.250. The Morgan fingerprint density at radius 3 is 1.54 bits per heavy atom. The van der Waals surface area contributed by atoms with Crippen LogP contribution in [0.5, 0.6) is 0 Å². The lowest BCUT2D eigenvalue weighted by Crippen LogP contribution is -2.35. The molecule has 3 heterocycles. The lowest BCUT2D eigenvalue weighted by molar-refractivity contribution is -0.664. The van der Waals surface area contributed by atoms with Crippen molar-refractivity contribution in [1.82, 2.24) is 9.97 Å². The smallest absolute Gasteiger partial charge is 0.244 e. The molecule has 0 bridgehead atoms. The minimum absolute atomic E-state index is 0.928. The van der Waals surface area contributed by atoms with Crippen LogP contribution in [0.2, 0.25) is 0 Å². The summed E-state index contributed by atoms with van der Waals surface area (Å²) in [5.74, 6) is 0. The van der Waals surface area contributed by atoms with Gasteiger partial charge in [0, 0.05) is 12.1 Å². The number of benzene rings is 2. The summed E-state index contributed by atoms with van der Waals surface area (Å²) >= 11 is 0. The van der Waals surface area contributed by atoms with E-state index in [-0.39, 0.29) is 0 Å². The van der Waals surface area contributed by atoms with Gasteiger partial charge in [-0.15, -0.1) is 0 Å². The van der Waals surface area contributed by atoms with Gasteiger partial charge in [-0.2, -0.15) is 9.13 Å². The van der Waals surface area contributed by atoms with Crippen LogP contribution >= 0.6 is 0 Å². The first-order valence-electron chi connectivity index (χ1n) is 7.99. The Labute approximate surface area is 138 Å². The standard InChI is InChI=1S/C20H16N4/c1-23-11-5-7-13-17-18(22-16-10-4-3-9-15(16)21-17)14-8-6-12-24(2)20(14)19(13)23/h3-12H,1-2H3/q+2. The molecular formula is C20H16N4+2. The summed E-state index contributed by atoms with van der Waals surface area (Å²) in [4.78, 5) is 9.88. The molecule has 0 aliphatic rings. The van der Waals surface area contributed by atoms with Crippen LogP contribution in [0, 0.1) is 0 Å². The zero-order valence-electron chi connectivity index (χ0n) is 13.6. The molecule has 3 aromatic heterocycles. The second-order valence-electron chi connectivity index (χ2n) is 6.17. The van der Waals surface area contributed by atoms with E-state index in [1.165, 1.54) is 11.0 Å². The van der Waals surface area contributed by atoms with Crippen LogP contribution in [0.4, 0.5) is 0 Å². The van der Waals surface area contributed by atoms with Crippen molar-refractivity contribution < 1.29 is 9.13 Å². The number of rotatable bonds is 0. The molecule has 4 heteroatoms. The summed E-state index contributed by atoms with van der Waals surface area (Å²) in [5.41, 5.74) is 6.12. The normalized spacial score (nSPS) is 11.8. The fourth-order valence-corrected chi connectivity index (χ4v) is 3.57. The minimum Gasteiger partial charge on any atom is -0.244 e. The van der Waals surface area contributed by atoms with Crippen molar-refractivity contribution >= 4 is 43.9 Å². The second kappa shape index (κ2) is 4.68. The van der Waals surface area contributed by atoms with Gasteiger partial charge in [-0.3, -0.25) is 0 Å². The molecule has 0 aliphatic heterocycles. The van der Waals surface area contributed by atoms with Crippen LogP contribution in [-0.2, 0) is 14.1 Å². The number of aromatic nitrogens is 4. The molecule has 5 aromatic rings. The van der Waals surface area contributed by atoms with Crippen molar-refractivity contribution in [3.8, 4) is 0 Å². The maximum atomic E-state index is 4.94. The molecule has 114 valence electrons. The number of nitrogens with zero attached hydrogens (tertiary/aromatic N) is 4. The molecule has 0 radical (unpaired) electrons. The number of hydrogen-bond acceptors (Lipinski definition) is 2. The maximum Gasteiger partial charge on any atom is 0.287 e. The number of fused-ring (bicyclic) bond motifs is 7. The predicted octanol–water partition coefficient (Wildman–Crippen LogP) is 2.74. The molecule has 0 saturated carbocycles. The molecule has 2 aromatic carbocycles. The lowest BCUT2D eigenvalue weighted by atomic mass is 10.1. The third kappa shape index (κ3) is 1.68. The zero-order chi connectivity index (χ0) is 16.3. The Balaban J connectivity index is 2.20. The maximum absolute atomic E-state index is 4.94. The Morgan fingerprint density at radius 1 is 0.625 bits per heavy atom. The second-order valence-corrected chi connectivity index (χ2v) is 6.17. The fourth-order valence-electron chi connectivity index (χ4n) is 3.57. The number of aryl methyl sites for hydroxylation is 2. The van der Waals surface area contributed by atoms with Gasteiger partial charge < -0.3 is 0 Å². The highest BCUT2D eigenvalue weighted by Gasteiger charge is 2.23. The number of pyridine rings is 2. The molecule has 0 spiro atoms. The van der Waals surface area contributed by atoms with Crippen LogP contribution in [0.25, 0.3) is 43.9 Å². The predicted molar refractivity (Wildman–Crippen MR) is 94.4 cm³/mol. The summed E-state index contributed by atoms with van der Waals surface area (Å²) in [5, 5.41) is 2.25. The molecule has 0 atom stereocenters. The molecule has 0 N–H and O–H groups in total. The van der Waals surface area contributed by atoms with E-state index >= 15 is 0 Å². The van der Waals surface area contributed by atoms with Crippen molar-refractivity contribution in [3.05, 3.63) is 60.9 Å². The SMILES string of the molecule is C[n+]1cccc2c3nc4ccccc4nc3c3ccc[n+](C)c3c21. The summed E-state index contributed by atoms with van der Waals surface area (Å²) < 4.78 is 4.32. The molecule has 4 nitrogen and oxygen atoms in total. The van der Waals surface area contributed by atoms with Crippen molar-refractivity contribution in [3.63, 3.8) is 0 Å². The first kappa shape index (κ1) is 13.3. The van der Waals surface area contributed by atoms with Gasteiger partial charge in [-0.25, -0.2) is 9.97 Å². The van der Waals surface area contributed by atoms with Gasteiger partial charge in [0.1, 0.15) is 25.1 Å². The van der Waals surface area contributed by atoms with Crippen LogP contribution < -0.4 is 9.13 Å². The molecule has 0 fully saturated rings. The highest BCUT2D eigenvalue weighted by molar-refractivity contribution is 6.19. The average Bonchev–Trinajstić information content (AvgIpc) is 2.61. The van der Waals surface area contributed by atoms with E-state index in [0.29, 0.717) is 0 Å². The lowest BCUT2D eigenvalue weighted by Gasteiger charge is -2.07. The van der Waals surface area contributed by atoms with Gasteiger partial charge in [0.2, 0.25) is 0 Å². The molecule has 0 saturated heterocycles. The monoisotopic (exact) mass is 312 g/mol. The van der Waals surface area contributed by atoms with Gasteiger partial charge in [-0.05, 0) is 24.3 Å². The summed E-state index contributed by atoms with van der Waals surface area (Å²) in [6, 6.07) is 16.4. The molecule has 24 heavy (non-hydrogen) atoms. The topological polar surface area (TPSA) is 33.5 Å². The van der Waals surface area contributed by atoms with Crippen molar-refractivity contribution in [1.29, 1.82) is 0 Å². The first-order chi connectivity index (χ1) is 11.7. The minimum atomic E-state index is 0.928. The van der Waals surface area contributed by atoms with Crippen molar-refractivity contribution in [2.75, 3.05) is 0 Å². The number of hydrogen-bond donors (Lipinski definition) is 0. The van der Waals surface area contributed by atoms with E-state index in [0.717, 1.165) is 32.8 Å². The van der Waals surface area contributed by atoms with Gasteiger partial charge in [0.25, 0.3) is 11.0 Å². The van der Waals surface area contributed by atoms with Gasteiger partial charge >= 0.3 is 0 Å². The van der Waals surface area contributed by atoms with E-state index in [2.05, 4.69) is 59.9 Å².